The zero-order valence-electron chi connectivity index (χ0n) is 11.7. The summed E-state index contributed by atoms with van der Waals surface area (Å²) in [5, 5.41) is 0. The molecule has 0 spiro atoms. The van der Waals surface area contributed by atoms with Crippen molar-refractivity contribution in [3.05, 3.63) is 48.0 Å². The molecular weight excluding hydrogens is 293 g/mol. The smallest absolute Gasteiger partial charge is 0.267 e. The van der Waals surface area contributed by atoms with Gasteiger partial charge in [-0.15, -0.1) is 0 Å². The van der Waals surface area contributed by atoms with Crippen molar-refractivity contribution in [3.8, 4) is 0 Å². The summed E-state index contributed by atoms with van der Waals surface area (Å²) in [5.41, 5.74) is 6.86. The number of nitrogens with zero attached hydrogens (tertiary/aromatic N) is 2. The van der Waals surface area contributed by atoms with Gasteiger partial charge >= 0.3 is 0 Å². The second kappa shape index (κ2) is 5.69. The normalized spacial score (nSPS) is 11.4. The molecule has 0 saturated carbocycles. The molecule has 0 amide bonds. The second-order valence-electron chi connectivity index (χ2n) is 4.51. The van der Waals surface area contributed by atoms with Gasteiger partial charge in [-0.05, 0) is 43.7 Å². The number of nitrogens with two attached hydrogens (primary N) is 1. The molecule has 2 N–H and O–H groups in total. The number of hydrogen-bond acceptors (Lipinski definition) is 4. The number of aryl methyl sites for hydroxylation is 1. The fourth-order valence-corrected chi connectivity index (χ4v) is 3.54. The van der Waals surface area contributed by atoms with Crippen molar-refractivity contribution in [1.29, 1.82) is 0 Å². The predicted molar refractivity (Wildman–Crippen MR) is 80.0 cm³/mol. The molecule has 0 fully saturated rings. The van der Waals surface area contributed by atoms with Gasteiger partial charge in [0, 0.05) is 24.6 Å². The van der Waals surface area contributed by atoms with Crippen LogP contribution in [0.4, 0.5) is 15.8 Å². The monoisotopic (exact) mass is 309 g/mol. The first-order chi connectivity index (χ1) is 9.87. The van der Waals surface area contributed by atoms with Crippen molar-refractivity contribution < 1.29 is 12.8 Å². The molecule has 0 bridgehead atoms. The van der Waals surface area contributed by atoms with Crippen LogP contribution in [-0.2, 0) is 10.0 Å². The number of aromatic nitrogens is 1. The van der Waals surface area contributed by atoms with Crippen LogP contribution in [0.3, 0.4) is 0 Å². The van der Waals surface area contributed by atoms with E-state index in [2.05, 4.69) is 4.98 Å². The van der Waals surface area contributed by atoms with E-state index < -0.39 is 20.7 Å². The number of pyridine rings is 1. The molecular formula is C14H16FN3O2S. The molecule has 2 aromatic rings. The molecule has 0 aliphatic carbocycles. The molecule has 5 nitrogen and oxygen atoms in total. The second-order valence-corrected chi connectivity index (χ2v) is 6.35. The highest BCUT2D eigenvalue weighted by Gasteiger charge is 2.27. The summed E-state index contributed by atoms with van der Waals surface area (Å²) in [6.45, 7) is 3.46. The van der Waals surface area contributed by atoms with E-state index in [1.807, 2.05) is 0 Å². The number of anilines is 2. The van der Waals surface area contributed by atoms with Gasteiger partial charge in [-0.1, -0.05) is 0 Å². The number of halogens is 1. The third-order valence-electron chi connectivity index (χ3n) is 3.13. The molecule has 112 valence electrons. The summed E-state index contributed by atoms with van der Waals surface area (Å²) in [6.07, 6.45) is 2.96. The summed E-state index contributed by atoms with van der Waals surface area (Å²) in [4.78, 5) is 3.42. The Bertz CT molecular complexity index is 748. The van der Waals surface area contributed by atoms with Crippen LogP contribution in [0.5, 0.6) is 0 Å². The average molecular weight is 309 g/mol. The first kappa shape index (κ1) is 15.2. The first-order valence-electron chi connectivity index (χ1n) is 6.36. The molecule has 1 aromatic carbocycles. The predicted octanol–water partition coefficient (Wildman–Crippen LogP) is 2.33. The van der Waals surface area contributed by atoms with Gasteiger partial charge in [0.2, 0.25) is 0 Å². The maximum absolute atomic E-state index is 14.1. The van der Waals surface area contributed by atoms with Crippen LogP contribution in [0.15, 0.2) is 41.6 Å². The molecule has 0 radical (unpaired) electrons. The van der Waals surface area contributed by atoms with E-state index in [-0.39, 0.29) is 12.2 Å². The van der Waals surface area contributed by atoms with Gasteiger partial charge in [0.1, 0.15) is 10.7 Å². The van der Waals surface area contributed by atoms with E-state index in [1.165, 1.54) is 12.4 Å². The quantitative estimate of drug-likeness (QED) is 0.879. The lowest BCUT2D eigenvalue weighted by Crippen LogP contribution is -2.31. The lowest BCUT2D eigenvalue weighted by atomic mass is 10.2. The Labute approximate surface area is 123 Å². The van der Waals surface area contributed by atoms with Crippen LogP contribution in [0.25, 0.3) is 0 Å². The SMILES string of the molecule is CCN(c1ccncc1)S(=O)(=O)c1cc(N)c(C)cc1F. The van der Waals surface area contributed by atoms with Crippen molar-refractivity contribution in [2.75, 3.05) is 16.6 Å². The molecule has 0 unspecified atom stereocenters. The minimum atomic E-state index is -4.02. The summed E-state index contributed by atoms with van der Waals surface area (Å²) in [6, 6.07) is 5.39. The summed E-state index contributed by atoms with van der Waals surface area (Å²) in [5.74, 6) is -0.811. The third-order valence-corrected chi connectivity index (χ3v) is 5.04. The van der Waals surface area contributed by atoms with Crippen molar-refractivity contribution >= 4 is 21.4 Å². The topological polar surface area (TPSA) is 76.3 Å². The Morgan fingerprint density at radius 1 is 1.29 bits per heavy atom. The lowest BCUT2D eigenvalue weighted by molar-refractivity contribution is 0.564. The average Bonchev–Trinajstić information content (AvgIpc) is 2.44. The number of benzene rings is 1. The highest BCUT2D eigenvalue weighted by atomic mass is 32.2. The highest BCUT2D eigenvalue weighted by Crippen LogP contribution is 2.27. The molecule has 1 aromatic heterocycles. The zero-order chi connectivity index (χ0) is 15.6. The molecule has 0 atom stereocenters. The van der Waals surface area contributed by atoms with E-state index in [0.717, 1.165) is 16.4 Å². The molecule has 0 aliphatic rings. The molecule has 21 heavy (non-hydrogen) atoms. The largest absolute Gasteiger partial charge is 0.398 e. The molecule has 0 aliphatic heterocycles. The van der Waals surface area contributed by atoms with E-state index in [4.69, 9.17) is 5.73 Å². The van der Waals surface area contributed by atoms with Crippen molar-refractivity contribution in [3.63, 3.8) is 0 Å². The van der Waals surface area contributed by atoms with Crippen LogP contribution >= 0.6 is 0 Å². The minimum absolute atomic E-state index is 0.166. The Balaban J connectivity index is 2.58. The summed E-state index contributed by atoms with van der Waals surface area (Å²) >= 11 is 0. The molecule has 1 heterocycles. The molecule has 2 rings (SSSR count). The van der Waals surface area contributed by atoms with Gasteiger partial charge in [-0.25, -0.2) is 12.8 Å². The van der Waals surface area contributed by atoms with Gasteiger partial charge in [0.15, 0.2) is 0 Å². The molecule has 7 heteroatoms. The first-order valence-corrected chi connectivity index (χ1v) is 7.80. The summed E-state index contributed by atoms with van der Waals surface area (Å²) in [7, 11) is -4.02. The maximum atomic E-state index is 14.1. The van der Waals surface area contributed by atoms with Gasteiger partial charge in [0.25, 0.3) is 10.0 Å². The van der Waals surface area contributed by atoms with Gasteiger partial charge in [-0.2, -0.15) is 0 Å². The Hall–Kier alpha value is -2.15. The van der Waals surface area contributed by atoms with Crippen LogP contribution in [0.1, 0.15) is 12.5 Å². The lowest BCUT2D eigenvalue weighted by Gasteiger charge is -2.23. The highest BCUT2D eigenvalue weighted by molar-refractivity contribution is 7.92. The van der Waals surface area contributed by atoms with E-state index >= 15 is 0 Å². The van der Waals surface area contributed by atoms with Crippen LogP contribution in [0.2, 0.25) is 0 Å². The minimum Gasteiger partial charge on any atom is -0.398 e. The van der Waals surface area contributed by atoms with Crippen molar-refractivity contribution in [2.45, 2.75) is 18.7 Å². The number of rotatable bonds is 4. The maximum Gasteiger partial charge on any atom is 0.267 e. The fourth-order valence-electron chi connectivity index (χ4n) is 1.99. The number of hydrogen-bond donors (Lipinski definition) is 1. The van der Waals surface area contributed by atoms with Crippen molar-refractivity contribution in [1.82, 2.24) is 4.98 Å². The Morgan fingerprint density at radius 2 is 1.90 bits per heavy atom. The standard InChI is InChI=1S/C14H16FN3O2S/c1-3-18(11-4-6-17-7-5-11)21(19,20)14-9-13(16)10(2)8-12(14)15/h4-9H,3,16H2,1-2H3. The van der Waals surface area contributed by atoms with Gasteiger partial charge < -0.3 is 5.73 Å². The van der Waals surface area contributed by atoms with Crippen LogP contribution in [-0.4, -0.2) is 19.9 Å². The van der Waals surface area contributed by atoms with E-state index in [9.17, 15) is 12.8 Å². The van der Waals surface area contributed by atoms with Crippen molar-refractivity contribution in [2.24, 2.45) is 0 Å². The van der Waals surface area contributed by atoms with Gasteiger partial charge in [0.05, 0.1) is 5.69 Å². The number of nitrogen functional groups attached to an aromatic ring is 1. The van der Waals surface area contributed by atoms with Crippen LogP contribution in [0, 0.1) is 12.7 Å². The third kappa shape index (κ3) is 2.82. The summed E-state index contributed by atoms with van der Waals surface area (Å²) < 4.78 is 40.5. The fraction of sp³-hybridized carbons (Fsp3) is 0.214. The number of sulfonamides is 1. The van der Waals surface area contributed by atoms with E-state index in [1.54, 1.807) is 26.0 Å². The zero-order valence-corrected chi connectivity index (χ0v) is 12.6. The van der Waals surface area contributed by atoms with Crippen LogP contribution < -0.4 is 10.0 Å². The Morgan fingerprint density at radius 3 is 2.48 bits per heavy atom. The van der Waals surface area contributed by atoms with Gasteiger partial charge in [-0.3, -0.25) is 9.29 Å². The Kier molecular flexibility index (Phi) is 4.13. The van der Waals surface area contributed by atoms with E-state index in [0.29, 0.717) is 11.3 Å². The molecule has 0 saturated heterocycles.